The summed E-state index contributed by atoms with van der Waals surface area (Å²) in [5.74, 6) is 0. The second-order valence-corrected chi connectivity index (χ2v) is 3.78. The molecule has 110 valence electrons. The lowest BCUT2D eigenvalue weighted by atomic mass is 10.3. The zero-order valence-electron chi connectivity index (χ0n) is 11.8. The lowest BCUT2D eigenvalue weighted by molar-refractivity contribution is 0.0186. The number of nitrogens with one attached hydrogen (secondary N) is 1. The van der Waals surface area contributed by atoms with Crippen LogP contribution < -0.4 is 5.32 Å². The fourth-order valence-corrected chi connectivity index (χ4v) is 1.27. The Morgan fingerprint density at radius 1 is 0.722 bits per heavy atom. The van der Waals surface area contributed by atoms with Crippen LogP contribution in [0.4, 0.5) is 0 Å². The Bertz CT molecular complexity index is 147. The molecule has 0 heterocycles. The van der Waals surface area contributed by atoms with Gasteiger partial charge in [-0.15, -0.1) is 0 Å². The minimum absolute atomic E-state index is 0.161. The van der Waals surface area contributed by atoms with Gasteiger partial charge in [0, 0.05) is 27.9 Å². The van der Waals surface area contributed by atoms with Gasteiger partial charge in [0.15, 0.2) is 0 Å². The number of ether oxygens (including phenoxy) is 5. The minimum atomic E-state index is 0.161. The Hall–Kier alpha value is -0.240. The topological polar surface area (TPSA) is 58.2 Å². The summed E-state index contributed by atoms with van der Waals surface area (Å²) in [6.07, 6.45) is 0. The van der Waals surface area contributed by atoms with Crippen molar-refractivity contribution in [3.8, 4) is 0 Å². The third-order valence-electron chi connectivity index (χ3n) is 2.24. The average Bonchev–Trinajstić information content (AvgIpc) is 2.39. The predicted molar refractivity (Wildman–Crippen MR) is 69.1 cm³/mol. The fourth-order valence-electron chi connectivity index (χ4n) is 1.27. The van der Waals surface area contributed by atoms with Crippen molar-refractivity contribution < 1.29 is 23.7 Å². The zero-order valence-corrected chi connectivity index (χ0v) is 11.8. The van der Waals surface area contributed by atoms with E-state index in [0.717, 1.165) is 6.54 Å². The van der Waals surface area contributed by atoms with Crippen LogP contribution in [0.3, 0.4) is 0 Å². The van der Waals surface area contributed by atoms with E-state index in [2.05, 4.69) is 5.32 Å². The highest BCUT2D eigenvalue weighted by Gasteiger charge is 2.08. The molecule has 0 unspecified atom stereocenters. The minimum Gasteiger partial charge on any atom is -0.383 e. The summed E-state index contributed by atoms with van der Waals surface area (Å²) in [6.45, 7) is 5.05. The van der Waals surface area contributed by atoms with Gasteiger partial charge in [-0.05, 0) is 0 Å². The molecule has 0 radical (unpaired) electrons. The highest BCUT2D eigenvalue weighted by atomic mass is 16.5. The van der Waals surface area contributed by atoms with E-state index in [0.29, 0.717) is 46.2 Å². The van der Waals surface area contributed by atoms with Gasteiger partial charge in [-0.25, -0.2) is 0 Å². The van der Waals surface area contributed by atoms with Crippen LogP contribution >= 0.6 is 0 Å². The molecule has 0 bridgehead atoms. The van der Waals surface area contributed by atoms with Crippen LogP contribution in [0.2, 0.25) is 0 Å². The standard InChI is InChI=1S/C12H27NO5/c1-14-5-4-13-12(10-17-8-6-15-2)11-18-9-7-16-3/h12-13H,4-11H2,1-3H3. The summed E-state index contributed by atoms with van der Waals surface area (Å²) < 4.78 is 25.8. The first-order valence-electron chi connectivity index (χ1n) is 6.20. The summed E-state index contributed by atoms with van der Waals surface area (Å²) in [4.78, 5) is 0. The van der Waals surface area contributed by atoms with Crippen LogP contribution in [-0.2, 0) is 23.7 Å². The number of rotatable bonds is 14. The van der Waals surface area contributed by atoms with Gasteiger partial charge in [-0.1, -0.05) is 0 Å². The quantitative estimate of drug-likeness (QED) is 0.443. The van der Waals surface area contributed by atoms with Crippen LogP contribution in [0.15, 0.2) is 0 Å². The van der Waals surface area contributed by atoms with Gasteiger partial charge in [0.2, 0.25) is 0 Å². The van der Waals surface area contributed by atoms with Crippen molar-refractivity contribution in [2.75, 3.05) is 74.1 Å². The largest absolute Gasteiger partial charge is 0.383 e. The van der Waals surface area contributed by atoms with Crippen molar-refractivity contribution in [3.63, 3.8) is 0 Å². The first kappa shape index (κ1) is 17.8. The van der Waals surface area contributed by atoms with E-state index in [-0.39, 0.29) is 6.04 Å². The summed E-state index contributed by atoms with van der Waals surface area (Å²) >= 11 is 0. The first-order chi connectivity index (χ1) is 8.85. The van der Waals surface area contributed by atoms with Crippen molar-refractivity contribution in [1.82, 2.24) is 5.32 Å². The lowest BCUT2D eigenvalue weighted by Gasteiger charge is -2.18. The van der Waals surface area contributed by atoms with Gasteiger partial charge < -0.3 is 29.0 Å². The summed E-state index contributed by atoms with van der Waals surface area (Å²) in [5, 5.41) is 3.32. The van der Waals surface area contributed by atoms with E-state index in [1.54, 1.807) is 21.3 Å². The molecule has 0 rings (SSSR count). The van der Waals surface area contributed by atoms with Crippen molar-refractivity contribution in [2.45, 2.75) is 6.04 Å². The molecule has 0 aromatic carbocycles. The van der Waals surface area contributed by atoms with E-state index >= 15 is 0 Å². The molecule has 1 N–H and O–H groups in total. The third kappa shape index (κ3) is 12.2. The van der Waals surface area contributed by atoms with Crippen LogP contribution in [-0.4, -0.2) is 80.2 Å². The van der Waals surface area contributed by atoms with Crippen LogP contribution in [0.25, 0.3) is 0 Å². The van der Waals surface area contributed by atoms with Crippen molar-refractivity contribution in [2.24, 2.45) is 0 Å². The maximum absolute atomic E-state index is 5.48. The number of hydrogen-bond donors (Lipinski definition) is 1. The van der Waals surface area contributed by atoms with Gasteiger partial charge in [0.05, 0.1) is 52.3 Å². The summed E-state index contributed by atoms with van der Waals surface area (Å²) in [6, 6.07) is 0.161. The molecule has 0 aromatic rings. The lowest BCUT2D eigenvalue weighted by Crippen LogP contribution is -2.40. The van der Waals surface area contributed by atoms with Crippen molar-refractivity contribution in [3.05, 3.63) is 0 Å². The van der Waals surface area contributed by atoms with Gasteiger partial charge in [0.25, 0.3) is 0 Å². The Morgan fingerprint density at radius 3 is 1.67 bits per heavy atom. The molecule has 0 amide bonds. The van der Waals surface area contributed by atoms with Crippen molar-refractivity contribution >= 4 is 0 Å². The molecule has 0 aliphatic carbocycles. The SMILES string of the molecule is COCCNC(COCCOC)COCCOC. The first-order valence-corrected chi connectivity index (χ1v) is 6.20. The molecular weight excluding hydrogens is 238 g/mol. The highest BCUT2D eigenvalue weighted by molar-refractivity contribution is 4.65. The number of methoxy groups -OCH3 is 3. The molecule has 0 aliphatic rings. The maximum atomic E-state index is 5.48. The molecule has 0 aliphatic heterocycles. The van der Waals surface area contributed by atoms with Crippen LogP contribution in [0, 0.1) is 0 Å². The Labute approximate surface area is 110 Å². The summed E-state index contributed by atoms with van der Waals surface area (Å²) in [7, 11) is 5.00. The molecule has 0 spiro atoms. The van der Waals surface area contributed by atoms with Gasteiger partial charge in [0.1, 0.15) is 0 Å². The molecular formula is C12H27NO5. The van der Waals surface area contributed by atoms with E-state index < -0.39 is 0 Å². The molecule has 0 aromatic heterocycles. The van der Waals surface area contributed by atoms with Gasteiger partial charge in [-0.3, -0.25) is 0 Å². The van der Waals surface area contributed by atoms with E-state index in [1.807, 2.05) is 0 Å². The molecule has 0 saturated heterocycles. The molecule has 0 atom stereocenters. The Morgan fingerprint density at radius 2 is 1.22 bits per heavy atom. The van der Waals surface area contributed by atoms with Crippen LogP contribution in [0.1, 0.15) is 0 Å². The normalized spacial score (nSPS) is 11.3. The fraction of sp³-hybridized carbons (Fsp3) is 1.00. The third-order valence-corrected chi connectivity index (χ3v) is 2.24. The molecule has 6 nitrogen and oxygen atoms in total. The van der Waals surface area contributed by atoms with E-state index in [9.17, 15) is 0 Å². The predicted octanol–water partition coefficient (Wildman–Crippen LogP) is -0.0830. The average molecular weight is 265 g/mol. The van der Waals surface area contributed by atoms with Gasteiger partial charge >= 0.3 is 0 Å². The number of hydrogen-bond acceptors (Lipinski definition) is 6. The highest BCUT2D eigenvalue weighted by Crippen LogP contribution is 1.90. The van der Waals surface area contributed by atoms with Crippen molar-refractivity contribution in [1.29, 1.82) is 0 Å². The smallest absolute Gasteiger partial charge is 0.0701 e. The second-order valence-electron chi connectivity index (χ2n) is 3.78. The van der Waals surface area contributed by atoms with Gasteiger partial charge in [-0.2, -0.15) is 0 Å². The monoisotopic (exact) mass is 265 g/mol. The van der Waals surface area contributed by atoms with E-state index in [1.165, 1.54) is 0 Å². The Kier molecular flexibility index (Phi) is 14.6. The molecule has 0 saturated carbocycles. The van der Waals surface area contributed by atoms with Crippen LogP contribution in [0.5, 0.6) is 0 Å². The maximum Gasteiger partial charge on any atom is 0.0701 e. The molecule has 6 heteroatoms. The zero-order chi connectivity index (χ0) is 13.5. The summed E-state index contributed by atoms with van der Waals surface area (Å²) in [5.41, 5.74) is 0. The molecule has 0 fully saturated rings. The Balaban J connectivity index is 3.62. The molecule has 18 heavy (non-hydrogen) atoms. The van der Waals surface area contributed by atoms with E-state index in [4.69, 9.17) is 23.7 Å². The second kappa shape index (κ2) is 14.8.